The number of hydrogen-bond acceptors (Lipinski definition) is 4. The average molecular weight is 347 g/mol. The van der Waals surface area contributed by atoms with Crippen molar-refractivity contribution in [2.24, 2.45) is 5.92 Å². The van der Waals surface area contributed by atoms with Crippen molar-refractivity contribution in [2.45, 2.75) is 51.1 Å². The van der Waals surface area contributed by atoms with Crippen molar-refractivity contribution in [3.8, 4) is 0 Å². The molecule has 1 saturated heterocycles. The van der Waals surface area contributed by atoms with E-state index in [4.69, 9.17) is 4.42 Å². The van der Waals surface area contributed by atoms with Crippen molar-refractivity contribution in [1.82, 2.24) is 15.1 Å². The Kier molecular flexibility index (Phi) is 4.58. The Hall–Kier alpha value is -2.31. The first kappa shape index (κ1) is 17.5. The van der Waals surface area contributed by atoms with Gasteiger partial charge in [0.15, 0.2) is 0 Å². The molecule has 3 rings (SSSR count). The third-order valence-electron chi connectivity index (χ3n) is 5.60. The van der Waals surface area contributed by atoms with Gasteiger partial charge in [0.25, 0.3) is 5.91 Å². The summed E-state index contributed by atoms with van der Waals surface area (Å²) in [5, 5.41) is 2.84. The van der Waals surface area contributed by atoms with Crippen LogP contribution in [0.2, 0.25) is 0 Å². The first-order valence-corrected chi connectivity index (χ1v) is 8.77. The van der Waals surface area contributed by atoms with E-state index in [0.717, 1.165) is 17.7 Å². The van der Waals surface area contributed by atoms with Crippen LogP contribution in [0.5, 0.6) is 0 Å². The SMILES string of the molecule is CC1CCC2(CC1)NC(=O)N(CC(=O)N(C)C(C)c1ccco1)C2=O. The van der Waals surface area contributed by atoms with Crippen LogP contribution in [0.4, 0.5) is 4.79 Å². The highest BCUT2D eigenvalue weighted by molar-refractivity contribution is 6.09. The molecule has 0 bridgehead atoms. The van der Waals surface area contributed by atoms with Crippen molar-refractivity contribution < 1.29 is 18.8 Å². The Morgan fingerprint density at radius 2 is 2.12 bits per heavy atom. The molecule has 0 aromatic carbocycles. The smallest absolute Gasteiger partial charge is 0.325 e. The minimum Gasteiger partial charge on any atom is -0.467 e. The fraction of sp³-hybridized carbons (Fsp3) is 0.611. The minimum absolute atomic E-state index is 0.247. The number of amides is 4. The van der Waals surface area contributed by atoms with Crippen molar-refractivity contribution in [1.29, 1.82) is 0 Å². The Bertz CT molecular complexity index is 662. The van der Waals surface area contributed by atoms with Crippen LogP contribution in [0.25, 0.3) is 0 Å². The van der Waals surface area contributed by atoms with Crippen LogP contribution in [0, 0.1) is 5.92 Å². The summed E-state index contributed by atoms with van der Waals surface area (Å²) in [5.41, 5.74) is -0.810. The van der Waals surface area contributed by atoms with Gasteiger partial charge in [-0.05, 0) is 50.7 Å². The molecule has 1 unspecified atom stereocenters. The molecule has 136 valence electrons. The quantitative estimate of drug-likeness (QED) is 0.847. The summed E-state index contributed by atoms with van der Waals surface area (Å²) in [6, 6.07) is 2.81. The Morgan fingerprint density at radius 3 is 2.72 bits per heavy atom. The van der Waals surface area contributed by atoms with E-state index in [1.165, 1.54) is 4.90 Å². The predicted octanol–water partition coefficient (Wildman–Crippen LogP) is 2.30. The van der Waals surface area contributed by atoms with E-state index in [1.807, 2.05) is 6.92 Å². The van der Waals surface area contributed by atoms with E-state index in [1.54, 1.807) is 25.4 Å². The van der Waals surface area contributed by atoms with Gasteiger partial charge in [0.2, 0.25) is 5.91 Å². The summed E-state index contributed by atoms with van der Waals surface area (Å²) < 4.78 is 5.33. The molecule has 1 aliphatic carbocycles. The molecule has 2 fully saturated rings. The van der Waals surface area contributed by atoms with Crippen molar-refractivity contribution >= 4 is 17.8 Å². The maximum Gasteiger partial charge on any atom is 0.325 e. The molecule has 1 aromatic rings. The molecule has 25 heavy (non-hydrogen) atoms. The van der Waals surface area contributed by atoms with E-state index in [2.05, 4.69) is 12.2 Å². The van der Waals surface area contributed by atoms with Gasteiger partial charge >= 0.3 is 6.03 Å². The zero-order valence-electron chi connectivity index (χ0n) is 14.9. The number of carbonyl (C=O) groups is 3. The fourth-order valence-electron chi connectivity index (χ4n) is 3.60. The number of urea groups is 1. The van der Waals surface area contributed by atoms with Gasteiger partial charge in [0, 0.05) is 7.05 Å². The zero-order chi connectivity index (χ0) is 18.2. The average Bonchev–Trinajstić information content (AvgIpc) is 3.20. The molecular weight excluding hydrogens is 322 g/mol. The summed E-state index contributed by atoms with van der Waals surface area (Å²) in [6.45, 7) is 3.75. The molecule has 0 radical (unpaired) electrons. The van der Waals surface area contributed by atoms with E-state index in [9.17, 15) is 14.4 Å². The van der Waals surface area contributed by atoms with Gasteiger partial charge in [0.05, 0.1) is 12.3 Å². The summed E-state index contributed by atoms with van der Waals surface area (Å²) >= 11 is 0. The first-order valence-electron chi connectivity index (χ1n) is 8.77. The normalized spacial score (nSPS) is 27.5. The van der Waals surface area contributed by atoms with Gasteiger partial charge < -0.3 is 14.6 Å². The Labute approximate surface area is 147 Å². The van der Waals surface area contributed by atoms with Crippen LogP contribution < -0.4 is 5.32 Å². The molecule has 1 aliphatic heterocycles. The van der Waals surface area contributed by atoms with Crippen LogP contribution in [0.15, 0.2) is 22.8 Å². The van der Waals surface area contributed by atoms with Crippen LogP contribution >= 0.6 is 0 Å². The number of furan rings is 1. The second kappa shape index (κ2) is 6.54. The standard InChI is InChI=1S/C18H25N3O4/c1-12-6-8-18(9-7-12)16(23)21(17(24)19-18)11-15(22)20(3)13(2)14-5-4-10-25-14/h4-5,10,12-13H,6-9,11H2,1-3H3,(H,19,24). The summed E-state index contributed by atoms with van der Waals surface area (Å²) in [4.78, 5) is 40.2. The lowest BCUT2D eigenvalue weighted by Gasteiger charge is -2.33. The van der Waals surface area contributed by atoms with Crippen LogP contribution in [-0.2, 0) is 9.59 Å². The zero-order valence-corrected chi connectivity index (χ0v) is 14.9. The molecule has 1 aromatic heterocycles. The fourth-order valence-corrected chi connectivity index (χ4v) is 3.60. The van der Waals surface area contributed by atoms with Gasteiger partial charge in [-0.2, -0.15) is 0 Å². The van der Waals surface area contributed by atoms with E-state index < -0.39 is 11.6 Å². The third kappa shape index (κ3) is 3.15. The van der Waals surface area contributed by atoms with Crippen molar-refractivity contribution in [3.63, 3.8) is 0 Å². The number of nitrogens with zero attached hydrogens (tertiary/aromatic N) is 2. The highest BCUT2D eigenvalue weighted by atomic mass is 16.3. The molecule has 7 heteroatoms. The van der Waals surface area contributed by atoms with Crippen molar-refractivity contribution in [2.75, 3.05) is 13.6 Å². The molecular formula is C18H25N3O4. The lowest BCUT2D eigenvalue weighted by molar-refractivity contribution is -0.140. The summed E-state index contributed by atoms with van der Waals surface area (Å²) in [6.07, 6.45) is 4.64. The van der Waals surface area contributed by atoms with Gasteiger partial charge in [-0.25, -0.2) is 4.79 Å². The monoisotopic (exact) mass is 347 g/mol. The number of rotatable bonds is 4. The number of carbonyl (C=O) groups excluding carboxylic acids is 3. The van der Waals surface area contributed by atoms with E-state index in [-0.39, 0.29) is 24.4 Å². The molecule has 4 amide bonds. The summed E-state index contributed by atoms with van der Waals surface area (Å²) in [7, 11) is 1.64. The third-order valence-corrected chi connectivity index (χ3v) is 5.60. The van der Waals surface area contributed by atoms with Gasteiger partial charge in [-0.15, -0.1) is 0 Å². The molecule has 7 nitrogen and oxygen atoms in total. The molecule has 2 heterocycles. The highest BCUT2D eigenvalue weighted by Gasteiger charge is 2.52. The van der Waals surface area contributed by atoms with Gasteiger partial charge in [0.1, 0.15) is 17.8 Å². The largest absolute Gasteiger partial charge is 0.467 e. The van der Waals surface area contributed by atoms with Crippen LogP contribution in [0.1, 0.15) is 51.3 Å². The second-order valence-electron chi connectivity index (χ2n) is 7.28. The van der Waals surface area contributed by atoms with E-state index >= 15 is 0 Å². The lowest BCUT2D eigenvalue weighted by Crippen LogP contribution is -2.50. The summed E-state index contributed by atoms with van der Waals surface area (Å²) in [5.74, 6) is 0.655. The van der Waals surface area contributed by atoms with Gasteiger partial charge in [-0.3, -0.25) is 14.5 Å². The van der Waals surface area contributed by atoms with Crippen LogP contribution in [0.3, 0.4) is 0 Å². The van der Waals surface area contributed by atoms with E-state index in [0.29, 0.717) is 24.5 Å². The van der Waals surface area contributed by atoms with Crippen molar-refractivity contribution in [3.05, 3.63) is 24.2 Å². The highest BCUT2D eigenvalue weighted by Crippen LogP contribution is 2.36. The number of nitrogens with one attached hydrogen (secondary N) is 1. The topological polar surface area (TPSA) is 82.9 Å². The molecule has 1 atom stereocenters. The maximum atomic E-state index is 12.8. The van der Waals surface area contributed by atoms with Gasteiger partial charge in [-0.1, -0.05) is 6.92 Å². The second-order valence-corrected chi connectivity index (χ2v) is 7.28. The molecule has 1 N–H and O–H groups in total. The molecule has 2 aliphatic rings. The number of hydrogen-bond donors (Lipinski definition) is 1. The molecule has 1 saturated carbocycles. The minimum atomic E-state index is -0.810. The Morgan fingerprint density at radius 1 is 1.44 bits per heavy atom. The number of imide groups is 1. The molecule has 1 spiro atoms. The number of likely N-dealkylation sites (N-methyl/N-ethyl adjacent to an activating group) is 1. The maximum absolute atomic E-state index is 12.8. The predicted molar refractivity (Wildman–Crippen MR) is 90.5 cm³/mol. The lowest BCUT2D eigenvalue weighted by atomic mass is 9.77. The van der Waals surface area contributed by atoms with Crippen LogP contribution in [-0.4, -0.2) is 46.8 Å². The first-order chi connectivity index (χ1) is 11.8. The Balaban J connectivity index is 1.67.